The van der Waals surface area contributed by atoms with Gasteiger partial charge in [-0.05, 0) is 65.2 Å². The number of carbonyl (C=O) groups is 2. The zero-order chi connectivity index (χ0) is 31.0. The maximum Gasteiger partial charge on any atom is 0.416 e. The quantitative estimate of drug-likeness (QED) is 0.267. The average molecular weight is 621 g/mol. The van der Waals surface area contributed by atoms with E-state index in [9.17, 15) is 18.0 Å². The highest BCUT2D eigenvalue weighted by atomic mass is 32.2. The number of methoxy groups -OCH3 is 1. The Hall–Kier alpha value is -2.37. The third kappa shape index (κ3) is 5.64. The Labute approximate surface area is 252 Å². The molecule has 42 heavy (non-hydrogen) atoms. The van der Waals surface area contributed by atoms with Crippen molar-refractivity contribution in [2.45, 2.75) is 102 Å². The van der Waals surface area contributed by atoms with Gasteiger partial charge in [0.05, 0.1) is 36.3 Å². The van der Waals surface area contributed by atoms with Gasteiger partial charge in [0.1, 0.15) is 12.4 Å². The van der Waals surface area contributed by atoms with Crippen molar-refractivity contribution in [2.24, 2.45) is 11.8 Å². The number of rotatable bonds is 11. The summed E-state index contributed by atoms with van der Waals surface area (Å²) in [7, 11) is -4.81. The predicted molar refractivity (Wildman–Crippen MR) is 164 cm³/mol. The van der Waals surface area contributed by atoms with Crippen LogP contribution in [0, 0.1) is 11.8 Å². The van der Waals surface area contributed by atoms with Crippen molar-refractivity contribution in [3.8, 4) is 5.75 Å². The summed E-state index contributed by atoms with van der Waals surface area (Å²) in [4.78, 5) is 28.1. The summed E-state index contributed by atoms with van der Waals surface area (Å²) in [6.07, 6.45) is 1.93. The van der Waals surface area contributed by atoms with Gasteiger partial charge in [-0.25, -0.2) is 18.1 Å². The molecule has 4 rings (SSSR count). The molecule has 1 aromatic carbocycles. The molecule has 1 aromatic rings. The van der Waals surface area contributed by atoms with Crippen molar-refractivity contribution in [3.05, 3.63) is 35.6 Å². The van der Waals surface area contributed by atoms with Crippen molar-refractivity contribution >= 4 is 30.3 Å². The maximum absolute atomic E-state index is 14.2. The van der Waals surface area contributed by atoms with E-state index < -0.39 is 36.4 Å². The molecule has 2 heterocycles. The molecule has 0 spiro atoms. The zero-order valence-corrected chi connectivity index (χ0v) is 28.2. The van der Waals surface area contributed by atoms with Crippen LogP contribution in [-0.2, 0) is 24.0 Å². The van der Waals surface area contributed by atoms with Crippen LogP contribution >= 0.6 is 0 Å². The number of imide groups is 1. The van der Waals surface area contributed by atoms with Crippen molar-refractivity contribution in [2.75, 3.05) is 26.8 Å². The number of allylic oxidation sites excluding steroid dienone is 1. The molecular weight excluding hydrogens is 573 g/mol. The van der Waals surface area contributed by atoms with Crippen molar-refractivity contribution in [3.63, 3.8) is 0 Å². The van der Waals surface area contributed by atoms with E-state index in [0.717, 1.165) is 17.8 Å². The standard InChI is InChI=1S/C31H48N2O7SSi/c1-9-10-23-19-27(40-42(20(2)3,21(4)5)22(6)7)26-15-16-33(41(36,37)25-13-11-24(38-8)12-14-25)29(26)28(23)30(34)32-17-18-39-31(32)35/h11-14,20-23,28-29H,9-10,15-19H2,1-8H3/t23-,28+,29+/m0/s1. The van der Waals surface area contributed by atoms with Gasteiger partial charge >= 0.3 is 6.09 Å². The largest absolute Gasteiger partial charge is 0.546 e. The Morgan fingerprint density at radius 3 is 2.17 bits per heavy atom. The van der Waals surface area contributed by atoms with Gasteiger partial charge in [0.2, 0.25) is 15.9 Å². The lowest BCUT2D eigenvalue weighted by atomic mass is 9.73. The van der Waals surface area contributed by atoms with Crippen molar-refractivity contribution in [1.82, 2.24) is 9.21 Å². The molecule has 2 fully saturated rings. The van der Waals surface area contributed by atoms with Crippen LogP contribution in [0.1, 0.15) is 74.1 Å². The third-order valence-electron chi connectivity index (χ3n) is 9.57. The molecule has 3 atom stereocenters. The highest BCUT2D eigenvalue weighted by Crippen LogP contribution is 2.51. The number of hydrogen-bond donors (Lipinski definition) is 0. The zero-order valence-electron chi connectivity index (χ0n) is 26.4. The summed E-state index contributed by atoms with van der Waals surface area (Å²) < 4.78 is 47.6. The van der Waals surface area contributed by atoms with E-state index in [2.05, 4.69) is 48.5 Å². The third-order valence-corrected chi connectivity index (χ3v) is 17.5. The molecule has 0 radical (unpaired) electrons. The average Bonchev–Trinajstić information content (AvgIpc) is 3.58. The fraction of sp³-hybridized carbons (Fsp3) is 0.677. The van der Waals surface area contributed by atoms with Gasteiger partial charge < -0.3 is 13.9 Å². The van der Waals surface area contributed by atoms with Gasteiger partial charge in [-0.3, -0.25) is 4.79 Å². The summed E-state index contributed by atoms with van der Waals surface area (Å²) in [6.45, 7) is 16.1. The van der Waals surface area contributed by atoms with Gasteiger partial charge in [0.15, 0.2) is 0 Å². The van der Waals surface area contributed by atoms with Gasteiger partial charge in [-0.2, -0.15) is 4.31 Å². The summed E-state index contributed by atoms with van der Waals surface area (Å²) in [6, 6.07) is 5.62. The van der Waals surface area contributed by atoms with E-state index in [0.29, 0.717) is 41.6 Å². The summed E-state index contributed by atoms with van der Waals surface area (Å²) >= 11 is 0. The van der Waals surface area contributed by atoms with E-state index >= 15 is 0 Å². The number of carbonyl (C=O) groups excluding carboxylic acids is 2. The Morgan fingerprint density at radius 2 is 1.67 bits per heavy atom. The molecule has 234 valence electrons. The predicted octanol–water partition coefficient (Wildman–Crippen LogP) is 6.32. The van der Waals surface area contributed by atoms with Crippen LogP contribution in [-0.4, -0.2) is 70.8 Å². The molecule has 2 saturated heterocycles. The van der Waals surface area contributed by atoms with Gasteiger partial charge in [0.25, 0.3) is 8.32 Å². The van der Waals surface area contributed by atoms with E-state index in [4.69, 9.17) is 13.9 Å². The number of benzene rings is 1. The molecule has 0 aromatic heterocycles. The molecule has 3 aliphatic rings. The van der Waals surface area contributed by atoms with Crippen molar-refractivity contribution in [1.29, 1.82) is 0 Å². The van der Waals surface area contributed by atoms with E-state index in [1.54, 1.807) is 24.3 Å². The SMILES string of the molecule is CCC[C@H]1CC(O[Si](C(C)C)(C(C)C)C(C)C)=C2CCN(S(=O)(=O)c3ccc(OC)cc3)[C@H]2[C@@H]1C(=O)N1CCOC1=O. The van der Waals surface area contributed by atoms with Crippen LogP contribution in [0.5, 0.6) is 5.75 Å². The molecule has 2 amide bonds. The van der Waals surface area contributed by atoms with E-state index in [1.165, 1.54) is 16.3 Å². The second kappa shape index (κ2) is 12.7. The van der Waals surface area contributed by atoms with E-state index in [1.807, 2.05) is 0 Å². The minimum Gasteiger partial charge on any atom is -0.546 e. The molecule has 0 unspecified atom stereocenters. The summed E-state index contributed by atoms with van der Waals surface area (Å²) in [5.41, 5.74) is 1.91. The molecule has 2 aliphatic heterocycles. The number of nitrogens with zero attached hydrogens (tertiary/aromatic N) is 2. The van der Waals surface area contributed by atoms with Crippen molar-refractivity contribution < 1.29 is 31.9 Å². The van der Waals surface area contributed by atoms with Crippen LogP contribution in [0.15, 0.2) is 40.5 Å². The lowest BCUT2D eigenvalue weighted by molar-refractivity contribution is -0.135. The fourth-order valence-corrected chi connectivity index (χ4v) is 14.7. The van der Waals surface area contributed by atoms with Gasteiger partial charge in [0, 0.05) is 13.0 Å². The highest BCUT2D eigenvalue weighted by Gasteiger charge is 2.55. The molecule has 9 nitrogen and oxygen atoms in total. The Bertz CT molecular complexity index is 1270. The smallest absolute Gasteiger partial charge is 0.416 e. The van der Waals surface area contributed by atoms with Gasteiger partial charge in [-0.1, -0.05) is 54.9 Å². The lowest BCUT2D eigenvalue weighted by Crippen LogP contribution is -2.54. The minimum absolute atomic E-state index is 0.145. The van der Waals surface area contributed by atoms with Gasteiger partial charge in [-0.15, -0.1) is 0 Å². The first-order valence-electron chi connectivity index (χ1n) is 15.4. The molecule has 0 N–H and O–H groups in total. The summed E-state index contributed by atoms with van der Waals surface area (Å²) in [5.74, 6) is 0.201. The van der Waals surface area contributed by atoms with Crippen LogP contribution in [0.4, 0.5) is 4.79 Å². The molecule has 1 aliphatic carbocycles. The molecule has 0 bridgehead atoms. The number of fused-ring (bicyclic) bond motifs is 1. The van der Waals surface area contributed by atoms with Crippen LogP contribution in [0.2, 0.25) is 16.6 Å². The second-order valence-electron chi connectivity index (χ2n) is 12.7. The number of cyclic esters (lactones) is 1. The molecule has 0 saturated carbocycles. The maximum atomic E-state index is 14.2. The molecular formula is C31H48N2O7SSi. The molecule has 11 heteroatoms. The first-order valence-corrected chi connectivity index (χ1v) is 18.9. The fourth-order valence-electron chi connectivity index (χ4n) is 7.74. The number of amides is 2. The minimum atomic E-state index is -3.98. The normalized spacial score (nSPS) is 23.6. The Balaban J connectivity index is 1.88. The monoisotopic (exact) mass is 620 g/mol. The number of sulfonamides is 1. The van der Waals surface area contributed by atoms with Crippen LogP contribution < -0.4 is 4.74 Å². The van der Waals surface area contributed by atoms with Crippen LogP contribution in [0.3, 0.4) is 0 Å². The first-order chi connectivity index (χ1) is 19.8. The number of hydrogen-bond acceptors (Lipinski definition) is 7. The highest BCUT2D eigenvalue weighted by molar-refractivity contribution is 7.89. The van der Waals surface area contributed by atoms with E-state index in [-0.39, 0.29) is 36.4 Å². The second-order valence-corrected chi connectivity index (χ2v) is 20.0. The topological polar surface area (TPSA) is 102 Å². The first kappa shape index (κ1) is 32.5. The number of ether oxygens (including phenoxy) is 2. The van der Waals surface area contributed by atoms with Crippen LogP contribution in [0.25, 0.3) is 0 Å². The Kier molecular flexibility index (Phi) is 9.84. The lowest BCUT2D eigenvalue weighted by Gasteiger charge is -2.47. The Morgan fingerprint density at radius 1 is 1.05 bits per heavy atom. The summed E-state index contributed by atoms with van der Waals surface area (Å²) in [5, 5.41) is 0.